The Balaban J connectivity index is 0.00000156. The van der Waals surface area contributed by atoms with Gasteiger partial charge < -0.3 is 9.85 Å². The molecule has 3 nitrogen and oxygen atoms in total. The lowest BCUT2D eigenvalue weighted by Crippen LogP contribution is -2.33. The maximum Gasteiger partial charge on any atom is 0.0817 e. The van der Waals surface area contributed by atoms with Crippen LogP contribution in [0.1, 0.15) is 36.1 Å². The van der Waals surface area contributed by atoms with E-state index >= 15 is 0 Å². The summed E-state index contributed by atoms with van der Waals surface area (Å²) < 4.78 is -0.245. The normalized spacial score (nSPS) is 14.4. The number of hydroxylamine groups is 3. The molecule has 1 unspecified atom stereocenters. The smallest absolute Gasteiger partial charge is 0.0817 e. The third kappa shape index (κ3) is 5.05. The van der Waals surface area contributed by atoms with Gasteiger partial charge in [0.15, 0.2) is 0 Å². The fourth-order valence-corrected chi connectivity index (χ4v) is 3.40. The van der Waals surface area contributed by atoms with Gasteiger partial charge in [0.25, 0.3) is 0 Å². The zero-order valence-electron chi connectivity index (χ0n) is 14.9. The van der Waals surface area contributed by atoms with Crippen LogP contribution in [0, 0.1) is 5.21 Å². The molecule has 1 aliphatic carbocycles. The third-order valence-corrected chi connectivity index (χ3v) is 4.61. The van der Waals surface area contributed by atoms with E-state index in [1.54, 1.807) is 14.1 Å². The minimum atomic E-state index is -0.245. The molecular formula is C20H26Cl2N2O. The van der Waals surface area contributed by atoms with E-state index in [0.29, 0.717) is 6.54 Å². The number of aromatic nitrogens is 1. The lowest BCUT2D eigenvalue weighted by molar-refractivity contribution is -0.839. The van der Waals surface area contributed by atoms with Crippen LogP contribution in [-0.2, 0) is 6.42 Å². The Hall–Kier alpha value is -1.39. The number of hydrogen-bond acceptors (Lipinski definition) is 2. The van der Waals surface area contributed by atoms with Crippen LogP contribution in [0.3, 0.4) is 0 Å². The van der Waals surface area contributed by atoms with Gasteiger partial charge in [0.05, 0.1) is 20.6 Å². The number of allylic oxidation sites excluding steroid dienone is 1. The van der Waals surface area contributed by atoms with Crippen molar-refractivity contribution < 1.29 is 4.65 Å². The molecule has 0 radical (unpaired) electrons. The molecule has 0 amide bonds. The van der Waals surface area contributed by atoms with Crippen molar-refractivity contribution in [2.75, 3.05) is 20.6 Å². The van der Waals surface area contributed by atoms with Gasteiger partial charge >= 0.3 is 0 Å². The van der Waals surface area contributed by atoms with Gasteiger partial charge in [0, 0.05) is 24.2 Å². The molecule has 0 fully saturated rings. The highest BCUT2D eigenvalue weighted by Gasteiger charge is 2.26. The molecule has 0 aliphatic heterocycles. The van der Waals surface area contributed by atoms with Crippen molar-refractivity contribution in [3.05, 3.63) is 76.3 Å². The molecule has 1 aromatic heterocycles. The Kier molecular flexibility index (Phi) is 7.63. The Bertz CT molecular complexity index is 724. The van der Waals surface area contributed by atoms with Gasteiger partial charge in [0.1, 0.15) is 0 Å². The molecule has 0 saturated carbocycles. The zero-order valence-corrected chi connectivity index (χ0v) is 16.6. The van der Waals surface area contributed by atoms with Gasteiger partial charge in [-0.1, -0.05) is 42.8 Å². The Morgan fingerprint density at radius 3 is 2.40 bits per heavy atom. The molecule has 0 N–H and O–H groups in total. The lowest BCUT2D eigenvalue weighted by Gasteiger charge is -2.34. The minimum Gasteiger partial charge on any atom is -0.633 e. The van der Waals surface area contributed by atoms with Crippen molar-refractivity contribution >= 4 is 30.4 Å². The molecule has 0 spiro atoms. The first-order valence-corrected chi connectivity index (χ1v) is 8.21. The third-order valence-electron chi connectivity index (χ3n) is 4.61. The number of halogens is 2. The quantitative estimate of drug-likeness (QED) is 0.540. The molecule has 2 aromatic rings. The summed E-state index contributed by atoms with van der Waals surface area (Å²) in [6, 6.07) is 14.7. The Morgan fingerprint density at radius 1 is 1.08 bits per heavy atom. The standard InChI is InChI=1S/C20H24N2O.2ClH/c1-15(19-10-6-7-12-21-19)20-17(11-13-22(2,3)23)14-16-8-4-5-9-18(16)20;;/h4-10,12,15H,11,13-14H2,1-3H3;2*1H. The van der Waals surface area contributed by atoms with Gasteiger partial charge in [-0.15, -0.1) is 24.8 Å². The first kappa shape index (κ1) is 21.7. The molecule has 0 saturated heterocycles. The monoisotopic (exact) mass is 380 g/mol. The van der Waals surface area contributed by atoms with Crippen LogP contribution in [0.4, 0.5) is 0 Å². The van der Waals surface area contributed by atoms with Crippen LogP contribution in [0.15, 0.2) is 54.2 Å². The second-order valence-corrected chi connectivity index (χ2v) is 6.87. The van der Waals surface area contributed by atoms with Gasteiger partial charge in [-0.05, 0) is 35.3 Å². The van der Waals surface area contributed by atoms with Crippen molar-refractivity contribution in [1.82, 2.24) is 4.98 Å². The number of hydrogen-bond donors (Lipinski definition) is 0. The topological polar surface area (TPSA) is 36.0 Å². The zero-order chi connectivity index (χ0) is 16.4. The molecule has 136 valence electrons. The fourth-order valence-electron chi connectivity index (χ4n) is 3.40. The summed E-state index contributed by atoms with van der Waals surface area (Å²) in [6.45, 7) is 2.83. The number of benzene rings is 1. The molecule has 1 atom stereocenters. The summed E-state index contributed by atoms with van der Waals surface area (Å²) in [5, 5.41) is 12.0. The number of fused-ring (bicyclic) bond motifs is 1. The summed E-state index contributed by atoms with van der Waals surface area (Å²) >= 11 is 0. The molecule has 0 bridgehead atoms. The lowest BCUT2D eigenvalue weighted by atomic mass is 9.89. The van der Waals surface area contributed by atoms with Gasteiger partial charge in [-0.25, -0.2) is 0 Å². The van der Waals surface area contributed by atoms with Crippen molar-refractivity contribution in [3.63, 3.8) is 0 Å². The average molecular weight is 381 g/mol. The maximum atomic E-state index is 12.0. The summed E-state index contributed by atoms with van der Waals surface area (Å²) in [5.41, 5.74) is 6.56. The van der Waals surface area contributed by atoms with E-state index < -0.39 is 0 Å². The molecule has 1 aliphatic rings. The first-order valence-electron chi connectivity index (χ1n) is 8.21. The van der Waals surface area contributed by atoms with Gasteiger partial charge in [-0.3, -0.25) is 4.98 Å². The number of nitrogens with zero attached hydrogens (tertiary/aromatic N) is 2. The van der Waals surface area contributed by atoms with Crippen LogP contribution in [0.25, 0.3) is 5.57 Å². The predicted molar refractivity (Wildman–Crippen MR) is 109 cm³/mol. The van der Waals surface area contributed by atoms with Crippen LogP contribution in [0.2, 0.25) is 0 Å². The van der Waals surface area contributed by atoms with Crippen LogP contribution >= 0.6 is 24.8 Å². The second-order valence-electron chi connectivity index (χ2n) is 6.87. The van der Waals surface area contributed by atoms with Crippen molar-refractivity contribution in [2.45, 2.75) is 25.7 Å². The summed E-state index contributed by atoms with van der Waals surface area (Å²) in [6.07, 6.45) is 3.66. The van der Waals surface area contributed by atoms with Crippen molar-refractivity contribution in [1.29, 1.82) is 0 Å². The van der Waals surface area contributed by atoms with Crippen molar-refractivity contribution in [3.8, 4) is 0 Å². The summed E-state index contributed by atoms with van der Waals surface area (Å²) in [4.78, 5) is 4.54. The first-order chi connectivity index (χ1) is 11.0. The summed E-state index contributed by atoms with van der Waals surface area (Å²) in [7, 11) is 3.43. The summed E-state index contributed by atoms with van der Waals surface area (Å²) in [5.74, 6) is 0.247. The Labute approximate surface area is 162 Å². The van der Waals surface area contributed by atoms with E-state index in [2.05, 4.69) is 42.2 Å². The molecule has 1 heterocycles. The predicted octanol–water partition coefficient (Wildman–Crippen LogP) is 5.00. The number of quaternary nitrogens is 1. The van der Waals surface area contributed by atoms with Gasteiger partial charge in [-0.2, -0.15) is 0 Å². The largest absolute Gasteiger partial charge is 0.633 e. The number of rotatable bonds is 5. The second kappa shape index (κ2) is 8.81. The number of pyridine rings is 1. The maximum absolute atomic E-state index is 12.0. The van der Waals surface area contributed by atoms with Gasteiger partial charge in [0.2, 0.25) is 0 Å². The van der Waals surface area contributed by atoms with E-state index in [-0.39, 0.29) is 35.4 Å². The highest BCUT2D eigenvalue weighted by molar-refractivity contribution is 5.85. The van der Waals surface area contributed by atoms with E-state index in [0.717, 1.165) is 18.5 Å². The molecule has 3 rings (SSSR count). The Morgan fingerprint density at radius 2 is 1.76 bits per heavy atom. The van der Waals surface area contributed by atoms with Crippen LogP contribution in [-0.4, -0.2) is 30.3 Å². The average Bonchev–Trinajstić information content (AvgIpc) is 2.91. The highest BCUT2D eigenvalue weighted by atomic mass is 35.5. The minimum absolute atomic E-state index is 0. The molecule has 25 heavy (non-hydrogen) atoms. The van der Waals surface area contributed by atoms with Crippen molar-refractivity contribution in [2.24, 2.45) is 0 Å². The molecule has 5 heteroatoms. The SMILES string of the molecule is CC(C1=C(CC[N+](C)(C)[O-])Cc2ccccc21)c1ccccn1.Cl.Cl. The van der Waals surface area contributed by atoms with Crippen LogP contribution < -0.4 is 0 Å². The molecular weight excluding hydrogens is 355 g/mol. The van der Waals surface area contributed by atoms with E-state index in [1.165, 1.54) is 22.3 Å². The van der Waals surface area contributed by atoms with E-state index in [1.807, 2.05) is 18.3 Å². The fraction of sp³-hybridized carbons (Fsp3) is 0.350. The highest BCUT2D eigenvalue weighted by Crippen LogP contribution is 2.42. The van der Waals surface area contributed by atoms with Crippen LogP contribution in [0.5, 0.6) is 0 Å². The van der Waals surface area contributed by atoms with E-state index in [9.17, 15) is 5.21 Å². The van der Waals surface area contributed by atoms with E-state index in [4.69, 9.17) is 0 Å². The molecule has 1 aromatic carbocycles.